The molecule has 34 heavy (non-hydrogen) atoms. The first-order valence-electron chi connectivity index (χ1n) is 11.5. The molecule has 0 spiro atoms. The highest BCUT2D eigenvalue weighted by atomic mass is 32.1. The lowest BCUT2D eigenvalue weighted by molar-refractivity contribution is 0.182. The summed E-state index contributed by atoms with van der Waals surface area (Å²) in [5.41, 5.74) is 4.57. The number of aromatic nitrogens is 4. The molecular formula is C27H25N5OS. The van der Waals surface area contributed by atoms with Gasteiger partial charge in [0.25, 0.3) is 5.56 Å². The van der Waals surface area contributed by atoms with Gasteiger partial charge in [0, 0.05) is 6.04 Å². The van der Waals surface area contributed by atoms with Gasteiger partial charge in [0.05, 0.1) is 24.1 Å². The van der Waals surface area contributed by atoms with E-state index in [2.05, 4.69) is 36.2 Å². The van der Waals surface area contributed by atoms with Crippen molar-refractivity contribution < 1.29 is 0 Å². The maximum atomic E-state index is 13.5. The van der Waals surface area contributed by atoms with E-state index in [1.807, 2.05) is 63.7 Å². The zero-order valence-corrected chi connectivity index (χ0v) is 19.8. The molecule has 2 aromatic heterocycles. The number of hydrogen-bond donors (Lipinski definition) is 0. The largest absolute Gasteiger partial charge is 0.280 e. The van der Waals surface area contributed by atoms with E-state index in [4.69, 9.17) is 17.3 Å². The minimum absolute atomic E-state index is 0.0582. The van der Waals surface area contributed by atoms with Crippen LogP contribution in [-0.4, -0.2) is 30.7 Å². The molecule has 2 heterocycles. The molecule has 0 bridgehead atoms. The molecule has 0 saturated heterocycles. The maximum absolute atomic E-state index is 13.5. The molecule has 0 N–H and O–H groups in total. The zero-order chi connectivity index (χ0) is 23.2. The van der Waals surface area contributed by atoms with Crippen LogP contribution in [0.1, 0.15) is 29.2 Å². The molecule has 7 heteroatoms. The minimum Gasteiger partial charge on any atom is -0.280 e. The highest BCUT2D eigenvalue weighted by Crippen LogP contribution is 2.35. The number of hydrogen-bond acceptors (Lipinski definition) is 4. The van der Waals surface area contributed by atoms with Crippen molar-refractivity contribution in [2.45, 2.75) is 32.1 Å². The Morgan fingerprint density at radius 3 is 2.59 bits per heavy atom. The molecule has 0 fully saturated rings. The normalized spacial score (nSPS) is 15.4. The van der Waals surface area contributed by atoms with Crippen molar-refractivity contribution in [2.75, 3.05) is 7.05 Å². The van der Waals surface area contributed by atoms with Gasteiger partial charge in [-0.2, -0.15) is 0 Å². The van der Waals surface area contributed by atoms with Crippen molar-refractivity contribution in [2.24, 2.45) is 0 Å². The Morgan fingerprint density at radius 2 is 1.74 bits per heavy atom. The second kappa shape index (κ2) is 8.34. The monoisotopic (exact) mass is 467 g/mol. The van der Waals surface area contributed by atoms with Crippen LogP contribution in [0, 0.1) is 4.77 Å². The number of aryl methyl sites for hydroxylation is 1. The first-order valence-corrected chi connectivity index (χ1v) is 12.0. The van der Waals surface area contributed by atoms with Gasteiger partial charge in [-0.05, 0) is 60.9 Å². The lowest BCUT2D eigenvalue weighted by Crippen LogP contribution is -2.26. The molecule has 3 aromatic carbocycles. The molecule has 1 unspecified atom stereocenters. The third kappa shape index (κ3) is 3.40. The van der Waals surface area contributed by atoms with E-state index < -0.39 is 0 Å². The highest BCUT2D eigenvalue weighted by Gasteiger charge is 2.26. The van der Waals surface area contributed by atoms with Crippen molar-refractivity contribution in [3.63, 3.8) is 0 Å². The SMILES string of the molecule is CN(Cn1nc2n(Cc3ccccc3)c(=O)c3ccccc3n2c1=S)C1CCc2ccccc21. The van der Waals surface area contributed by atoms with Crippen LogP contribution >= 0.6 is 12.2 Å². The van der Waals surface area contributed by atoms with Crippen molar-refractivity contribution >= 4 is 28.9 Å². The summed E-state index contributed by atoms with van der Waals surface area (Å²) >= 11 is 5.91. The summed E-state index contributed by atoms with van der Waals surface area (Å²) < 4.78 is 6.10. The zero-order valence-electron chi connectivity index (χ0n) is 19.0. The number of fused-ring (bicyclic) bond motifs is 4. The molecule has 5 aromatic rings. The Morgan fingerprint density at radius 1 is 1.00 bits per heavy atom. The first-order chi connectivity index (χ1) is 16.6. The van der Waals surface area contributed by atoms with E-state index in [9.17, 15) is 4.79 Å². The molecule has 0 saturated carbocycles. The van der Waals surface area contributed by atoms with Crippen LogP contribution in [0.25, 0.3) is 16.7 Å². The fourth-order valence-corrected chi connectivity index (χ4v) is 5.45. The van der Waals surface area contributed by atoms with Gasteiger partial charge in [-0.15, -0.1) is 5.10 Å². The summed E-state index contributed by atoms with van der Waals surface area (Å²) in [5.74, 6) is 0.567. The van der Waals surface area contributed by atoms with E-state index in [-0.39, 0.29) is 5.56 Å². The molecule has 170 valence electrons. The molecule has 1 aliphatic rings. The number of rotatable bonds is 5. The van der Waals surface area contributed by atoms with Gasteiger partial charge < -0.3 is 0 Å². The van der Waals surface area contributed by atoms with Gasteiger partial charge >= 0.3 is 0 Å². The maximum Gasteiger partial charge on any atom is 0.263 e. The predicted octanol–water partition coefficient (Wildman–Crippen LogP) is 4.81. The Labute approximate surface area is 202 Å². The van der Waals surface area contributed by atoms with Gasteiger partial charge in [0.2, 0.25) is 10.5 Å². The highest BCUT2D eigenvalue weighted by molar-refractivity contribution is 7.71. The molecule has 6 nitrogen and oxygen atoms in total. The predicted molar refractivity (Wildman–Crippen MR) is 137 cm³/mol. The average Bonchev–Trinajstić information content (AvgIpc) is 3.44. The minimum atomic E-state index is -0.0582. The van der Waals surface area contributed by atoms with Crippen LogP contribution < -0.4 is 5.56 Å². The van der Waals surface area contributed by atoms with Crippen LogP contribution in [0.5, 0.6) is 0 Å². The van der Waals surface area contributed by atoms with Gasteiger partial charge in [-0.25, -0.2) is 4.68 Å². The second-order valence-corrected chi connectivity index (χ2v) is 9.33. The fraction of sp³-hybridized carbons (Fsp3) is 0.222. The molecule has 0 aliphatic heterocycles. The lowest BCUT2D eigenvalue weighted by Gasteiger charge is -2.24. The van der Waals surface area contributed by atoms with Gasteiger partial charge in [-0.3, -0.25) is 18.7 Å². The van der Waals surface area contributed by atoms with E-state index >= 15 is 0 Å². The summed E-state index contributed by atoms with van der Waals surface area (Å²) in [4.78, 5) is 15.8. The van der Waals surface area contributed by atoms with Gasteiger partial charge in [0.1, 0.15) is 0 Å². The van der Waals surface area contributed by atoms with E-state index in [0.717, 1.165) is 23.9 Å². The van der Waals surface area contributed by atoms with E-state index in [1.165, 1.54) is 11.1 Å². The lowest BCUT2D eigenvalue weighted by atomic mass is 10.1. The van der Waals surface area contributed by atoms with Crippen LogP contribution in [0.2, 0.25) is 0 Å². The Hall–Kier alpha value is -3.55. The Kier molecular flexibility index (Phi) is 5.16. The number of para-hydroxylation sites is 1. The molecule has 1 aliphatic carbocycles. The molecule has 1 atom stereocenters. The topological polar surface area (TPSA) is 47.5 Å². The summed E-state index contributed by atoms with van der Waals surface area (Å²) in [6.07, 6.45) is 2.17. The number of benzene rings is 3. The Bertz CT molecular complexity index is 1630. The van der Waals surface area contributed by atoms with Gasteiger partial charge in [0.15, 0.2) is 0 Å². The van der Waals surface area contributed by atoms with Crippen LogP contribution in [0.15, 0.2) is 83.7 Å². The van der Waals surface area contributed by atoms with Crippen molar-refractivity contribution in [3.05, 3.63) is 111 Å². The summed E-state index contributed by atoms with van der Waals surface area (Å²) in [6.45, 7) is 0.985. The summed E-state index contributed by atoms with van der Waals surface area (Å²) in [6, 6.07) is 26.6. The molecular weight excluding hydrogens is 442 g/mol. The molecule has 0 amide bonds. The van der Waals surface area contributed by atoms with Crippen LogP contribution in [-0.2, 0) is 19.6 Å². The smallest absolute Gasteiger partial charge is 0.263 e. The summed E-state index contributed by atoms with van der Waals surface area (Å²) in [5, 5.41) is 5.52. The Balaban J connectivity index is 1.47. The van der Waals surface area contributed by atoms with E-state index in [0.29, 0.717) is 35.2 Å². The van der Waals surface area contributed by atoms with Crippen molar-refractivity contribution in [1.82, 2.24) is 23.6 Å². The fourth-order valence-electron chi connectivity index (χ4n) is 5.17. The first kappa shape index (κ1) is 21.0. The van der Waals surface area contributed by atoms with E-state index in [1.54, 1.807) is 4.57 Å². The third-order valence-electron chi connectivity index (χ3n) is 6.86. The van der Waals surface area contributed by atoms with Gasteiger partial charge in [-0.1, -0.05) is 66.7 Å². The molecule has 0 radical (unpaired) electrons. The van der Waals surface area contributed by atoms with Crippen LogP contribution in [0.4, 0.5) is 0 Å². The van der Waals surface area contributed by atoms with Crippen molar-refractivity contribution in [1.29, 1.82) is 0 Å². The standard InChI is InChI=1S/C27H25N5OS/c1-29(23-16-15-20-11-5-6-12-21(20)23)18-31-27(34)32-24-14-8-7-13-22(24)25(33)30(26(32)28-31)17-19-9-3-2-4-10-19/h2-14,23H,15-18H2,1H3. The molecule has 6 rings (SSSR count). The number of nitrogens with zero attached hydrogens (tertiary/aromatic N) is 5. The second-order valence-electron chi connectivity index (χ2n) is 8.96. The quantitative estimate of drug-likeness (QED) is 0.348. The summed E-state index contributed by atoms with van der Waals surface area (Å²) in [7, 11) is 2.12. The van der Waals surface area contributed by atoms with Crippen LogP contribution in [0.3, 0.4) is 0 Å². The van der Waals surface area contributed by atoms with Crippen molar-refractivity contribution in [3.8, 4) is 0 Å². The average molecular weight is 468 g/mol. The third-order valence-corrected chi connectivity index (χ3v) is 7.25.